The zero-order valence-electron chi connectivity index (χ0n) is 13.3. The van der Waals surface area contributed by atoms with Gasteiger partial charge in [0.1, 0.15) is 5.49 Å². The molecule has 0 aliphatic rings. The van der Waals surface area contributed by atoms with Crippen LogP contribution in [0.4, 0.5) is 11.4 Å². The van der Waals surface area contributed by atoms with E-state index in [-0.39, 0.29) is 0 Å². The molecule has 124 valence electrons. The number of aliphatic imine (C=N–C) groups is 1. The van der Waals surface area contributed by atoms with Crippen LogP contribution in [0.2, 0.25) is 5.02 Å². The molecule has 0 saturated carbocycles. The van der Waals surface area contributed by atoms with Crippen molar-refractivity contribution in [2.24, 2.45) is 4.99 Å². The van der Waals surface area contributed by atoms with Gasteiger partial charge in [0.2, 0.25) is 5.96 Å². The number of hydrogen-bond donors (Lipinski definition) is 2. The van der Waals surface area contributed by atoms with Crippen LogP contribution in [0.5, 0.6) is 0 Å². The van der Waals surface area contributed by atoms with Gasteiger partial charge in [-0.05, 0) is 55.5 Å². The Bertz CT molecular complexity index is 1020. The Morgan fingerprint density at radius 1 is 1.24 bits per heavy atom. The number of hydrogen-bond acceptors (Lipinski definition) is 4. The van der Waals surface area contributed by atoms with Gasteiger partial charge in [-0.2, -0.15) is 5.26 Å². The molecule has 3 rings (SSSR count). The highest BCUT2D eigenvalue weighted by Crippen LogP contribution is 2.18. The third kappa shape index (κ3) is 4.15. The lowest BCUT2D eigenvalue weighted by Crippen LogP contribution is -2.28. The lowest BCUT2D eigenvalue weighted by atomic mass is 10.2. The van der Waals surface area contributed by atoms with Crippen LogP contribution in [0.3, 0.4) is 0 Å². The maximum absolute atomic E-state index is 8.91. The summed E-state index contributed by atoms with van der Waals surface area (Å²) in [5.74, 6) is 0.495. The largest absolute Gasteiger partial charge is 0.325 e. The topological polar surface area (TPSA) is 77.0 Å². The molecule has 0 aliphatic heterocycles. The number of rotatable bonds is 2. The maximum atomic E-state index is 8.91. The van der Waals surface area contributed by atoms with Crippen molar-refractivity contribution in [1.29, 1.82) is 10.7 Å². The van der Waals surface area contributed by atoms with Gasteiger partial charge >= 0.3 is 0 Å². The fraction of sp³-hybridized carbons (Fsp3) is 0.0556. The number of aromatic nitrogens is 1. The van der Waals surface area contributed by atoms with Crippen LogP contribution in [0.1, 0.15) is 10.4 Å². The van der Waals surface area contributed by atoms with Gasteiger partial charge in [-0.25, -0.2) is 8.95 Å². The van der Waals surface area contributed by atoms with Crippen LogP contribution in [-0.4, -0.2) is 9.92 Å². The van der Waals surface area contributed by atoms with Crippen molar-refractivity contribution in [3.8, 4) is 6.07 Å². The lowest BCUT2D eigenvalue weighted by molar-refractivity contribution is 1.07. The van der Waals surface area contributed by atoms with Gasteiger partial charge in [-0.1, -0.05) is 29.2 Å². The van der Waals surface area contributed by atoms with E-state index in [2.05, 4.69) is 16.4 Å². The van der Waals surface area contributed by atoms with Crippen molar-refractivity contribution in [2.45, 2.75) is 6.92 Å². The summed E-state index contributed by atoms with van der Waals surface area (Å²) in [6.07, 6.45) is 0. The SMILES string of the molecule is Cc1cc(=N)n(C(=Nc2ccc(C#N)cc2)Nc2cccc(Cl)c2)s1. The molecule has 1 aromatic heterocycles. The van der Waals surface area contributed by atoms with E-state index in [4.69, 9.17) is 22.3 Å². The van der Waals surface area contributed by atoms with Crippen LogP contribution < -0.4 is 10.8 Å². The molecule has 7 heteroatoms. The van der Waals surface area contributed by atoms with Gasteiger partial charge in [-0.15, -0.1) is 0 Å². The van der Waals surface area contributed by atoms with Crippen molar-refractivity contribution >= 4 is 40.5 Å². The van der Waals surface area contributed by atoms with E-state index >= 15 is 0 Å². The minimum Gasteiger partial charge on any atom is -0.325 e. The predicted molar refractivity (Wildman–Crippen MR) is 102 cm³/mol. The normalized spacial score (nSPS) is 11.2. The zero-order valence-corrected chi connectivity index (χ0v) is 14.9. The minimum atomic E-state index is 0.337. The molecule has 3 aromatic rings. The second kappa shape index (κ2) is 7.34. The molecule has 0 atom stereocenters. The molecule has 0 spiro atoms. The molecule has 0 unspecified atom stereocenters. The summed E-state index contributed by atoms with van der Waals surface area (Å²) in [6.45, 7) is 1.94. The number of nitriles is 1. The summed E-state index contributed by atoms with van der Waals surface area (Å²) in [7, 11) is 0. The number of nitrogens with one attached hydrogen (secondary N) is 2. The Labute approximate surface area is 154 Å². The van der Waals surface area contributed by atoms with Crippen molar-refractivity contribution in [2.75, 3.05) is 5.32 Å². The Morgan fingerprint density at radius 3 is 2.60 bits per heavy atom. The maximum Gasteiger partial charge on any atom is 0.223 e. The van der Waals surface area contributed by atoms with Gasteiger partial charge in [0, 0.05) is 15.6 Å². The average Bonchev–Trinajstić information content (AvgIpc) is 2.93. The molecule has 0 bridgehead atoms. The monoisotopic (exact) mass is 367 g/mol. The Hall–Kier alpha value is -2.88. The molecule has 5 nitrogen and oxygen atoms in total. The van der Waals surface area contributed by atoms with Crippen LogP contribution in [0.25, 0.3) is 0 Å². The van der Waals surface area contributed by atoms with E-state index in [0.29, 0.717) is 27.7 Å². The molecule has 2 aromatic carbocycles. The summed E-state index contributed by atoms with van der Waals surface area (Å²) in [6, 6.07) is 18.1. The number of halogens is 1. The molecule has 2 N–H and O–H groups in total. The van der Waals surface area contributed by atoms with Crippen molar-refractivity contribution in [3.05, 3.63) is 75.5 Å². The Balaban J connectivity index is 2.04. The molecule has 0 amide bonds. The van der Waals surface area contributed by atoms with Gasteiger partial charge in [0.05, 0.1) is 17.3 Å². The van der Waals surface area contributed by atoms with Crippen molar-refractivity contribution < 1.29 is 0 Å². The van der Waals surface area contributed by atoms with E-state index < -0.39 is 0 Å². The van der Waals surface area contributed by atoms with Gasteiger partial charge in [0.15, 0.2) is 0 Å². The summed E-state index contributed by atoms with van der Waals surface area (Å²) >= 11 is 7.47. The molecule has 0 fully saturated rings. The fourth-order valence-corrected chi connectivity index (χ4v) is 3.15. The zero-order chi connectivity index (χ0) is 17.8. The number of nitrogens with zero attached hydrogens (tertiary/aromatic N) is 3. The van der Waals surface area contributed by atoms with Gasteiger partial charge in [-0.3, -0.25) is 5.41 Å². The first-order valence-corrected chi connectivity index (χ1v) is 8.57. The van der Waals surface area contributed by atoms with Gasteiger partial charge in [0.25, 0.3) is 0 Å². The summed E-state index contributed by atoms with van der Waals surface area (Å²) < 4.78 is 1.70. The first-order chi connectivity index (χ1) is 12.0. The Morgan fingerprint density at radius 2 is 2.00 bits per heavy atom. The van der Waals surface area contributed by atoms with Crippen molar-refractivity contribution in [1.82, 2.24) is 3.96 Å². The highest BCUT2D eigenvalue weighted by atomic mass is 35.5. The predicted octanol–water partition coefficient (Wildman–Crippen LogP) is 4.51. The molecular weight excluding hydrogens is 354 g/mol. The molecular formula is C18H14ClN5S. The van der Waals surface area contributed by atoms with Crippen LogP contribution in [0, 0.1) is 23.7 Å². The highest BCUT2D eigenvalue weighted by molar-refractivity contribution is 7.07. The second-order valence-corrected chi connectivity index (χ2v) is 6.88. The average molecular weight is 368 g/mol. The van der Waals surface area contributed by atoms with E-state index in [9.17, 15) is 0 Å². The molecule has 0 aliphatic carbocycles. The standard InChI is InChI=1S/C18H14ClN5S/c1-12-9-17(21)24(25-12)18(23-16-4-2-3-14(19)10-16)22-15-7-5-13(11-20)6-8-15/h2-10,21H,1H3,(H,22,23). The smallest absolute Gasteiger partial charge is 0.223 e. The first-order valence-electron chi connectivity index (χ1n) is 7.41. The number of benzene rings is 2. The second-order valence-electron chi connectivity index (χ2n) is 5.26. The third-order valence-electron chi connectivity index (χ3n) is 3.30. The van der Waals surface area contributed by atoms with E-state index in [1.807, 2.05) is 19.1 Å². The van der Waals surface area contributed by atoms with E-state index in [0.717, 1.165) is 10.6 Å². The molecule has 0 radical (unpaired) electrons. The number of anilines is 1. The molecule has 1 heterocycles. The fourth-order valence-electron chi connectivity index (χ4n) is 2.18. The first kappa shape index (κ1) is 17.0. The molecule has 25 heavy (non-hydrogen) atoms. The van der Waals surface area contributed by atoms with Crippen LogP contribution >= 0.6 is 23.1 Å². The molecule has 0 saturated heterocycles. The number of aryl methyl sites for hydroxylation is 1. The van der Waals surface area contributed by atoms with E-state index in [1.165, 1.54) is 11.5 Å². The highest BCUT2D eigenvalue weighted by Gasteiger charge is 2.08. The summed E-state index contributed by atoms with van der Waals surface area (Å²) in [5, 5.41) is 20.9. The van der Waals surface area contributed by atoms with Crippen LogP contribution in [-0.2, 0) is 0 Å². The summed E-state index contributed by atoms with van der Waals surface area (Å²) in [5.41, 5.74) is 2.37. The van der Waals surface area contributed by atoms with Crippen LogP contribution in [0.15, 0.2) is 59.6 Å². The van der Waals surface area contributed by atoms with Gasteiger partial charge < -0.3 is 5.32 Å². The lowest BCUT2D eigenvalue weighted by Gasteiger charge is -2.11. The van der Waals surface area contributed by atoms with E-state index in [1.54, 1.807) is 46.4 Å². The Kier molecular flexibility index (Phi) is 4.98. The third-order valence-corrected chi connectivity index (χ3v) is 4.49. The van der Waals surface area contributed by atoms with Crippen molar-refractivity contribution in [3.63, 3.8) is 0 Å². The minimum absolute atomic E-state index is 0.337. The summed E-state index contributed by atoms with van der Waals surface area (Å²) in [4.78, 5) is 5.61. The quantitative estimate of drug-likeness (QED) is 0.516.